The van der Waals surface area contributed by atoms with Crippen LogP contribution in [0.5, 0.6) is 0 Å². The van der Waals surface area contributed by atoms with Crippen molar-refractivity contribution in [1.29, 1.82) is 0 Å². The molecule has 0 radical (unpaired) electrons. The van der Waals surface area contributed by atoms with Crippen LogP contribution in [0.1, 0.15) is 17.0 Å². The van der Waals surface area contributed by atoms with Gasteiger partial charge in [-0.2, -0.15) is 0 Å². The summed E-state index contributed by atoms with van der Waals surface area (Å²) in [6.07, 6.45) is 0. The Bertz CT molecular complexity index is 233. The van der Waals surface area contributed by atoms with Gasteiger partial charge in [-0.15, -0.1) is 11.6 Å². The van der Waals surface area contributed by atoms with Gasteiger partial charge in [-0.1, -0.05) is 6.07 Å². The second-order valence-corrected chi connectivity index (χ2v) is 2.61. The molecule has 10 heavy (non-hydrogen) atoms. The molecule has 0 aliphatic heterocycles. The van der Waals surface area contributed by atoms with Gasteiger partial charge in [0.1, 0.15) is 0 Å². The van der Waals surface area contributed by atoms with Gasteiger partial charge in [-0.05, 0) is 25.5 Å². The molecule has 0 aromatic carbocycles. The van der Waals surface area contributed by atoms with Crippen LogP contribution in [0.15, 0.2) is 12.1 Å². The van der Waals surface area contributed by atoms with Gasteiger partial charge in [0.2, 0.25) is 0 Å². The molecule has 0 N–H and O–H groups in total. The number of nitrogens with zero attached hydrogens (tertiary/aromatic N) is 1. The Morgan fingerprint density at radius 3 is 2.60 bits per heavy atom. The minimum Gasteiger partial charge on any atom is -0.257 e. The molecule has 0 atom stereocenters. The fourth-order valence-electron chi connectivity index (χ4n) is 0.757. The van der Waals surface area contributed by atoms with Crippen LogP contribution in [-0.2, 0) is 5.88 Å². The van der Waals surface area contributed by atoms with E-state index in [4.69, 9.17) is 11.6 Å². The molecule has 0 saturated heterocycles. The molecule has 54 valence electrons. The maximum atomic E-state index is 5.59. The zero-order chi connectivity index (χ0) is 7.56. The highest BCUT2D eigenvalue weighted by Gasteiger charge is 1.94. The molecule has 0 saturated carbocycles. The molecule has 1 aromatic heterocycles. The molecule has 1 heterocycles. The van der Waals surface area contributed by atoms with Crippen LogP contribution in [0.2, 0.25) is 0 Å². The number of alkyl halides is 1. The SMILES string of the molecule is Cc1ccc(CCl)nc1C. The van der Waals surface area contributed by atoms with Gasteiger partial charge in [0.25, 0.3) is 0 Å². The summed E-state index contributed by atoms with van der Waals surface area (Å²) in [4.78, 5) is 4.26. The molecule has 0 bridgehead atoms. The molecule has 0 unspecified atom stereocenters. The van der Waals surface area contributed by atoms with Crippen LogP contribution in [0.3, 0.4) is 0 Å². The fourth-order valence-corrected chi connectivity index (χ4v) is 0.906. The molecule has 0 amide bonds. The van der Waals surface area contributed by atoms with E-state index in [0.717, 1.165) is 11.4 Å². The molecule has 1 aromatic rings. The van der Waals surface area contributed by atoms with Gasteiger partial charge < -0.3 is 0 Å². The van der Waals surface area contributed by atoms with Crippen molar-refractivity contribution < 1.29 is 0 Å². The number of pyridine rings is 1. The predicted octanol–water partition coefficient (Wildman–Crippen LogP) is 2.44. The highest BCUT2D eigenvalue weighted by molar-refractivity contribution is 6.16. The van der Waals surface area contributed by atoms with Gasteiger partial charge in [0.05, 0.1) is 11.6 Å². The summed E-state index contributed by atoms with van der Waals surface area (Å²) in [6.45, 7) is 4.03. The van der Waals surface area contributed by atoms with E-state index >= 15 is 0 Å². The van der Waals surface area contributed by atoms with E-state index in [1.807, 2.05) is 26.0 Å². The first-order valence-electron chi connectivity index (χ1n) is 3.23. The van der Waals surface area contributed by atoms with Crippen molar-refractivity contribution in [3.63, 3.8) is 0 Å². The van der Waals surface area contributed by atoms with E-state index in [0.29, 0.717) is 5.88 Å². The number of halogens is 1. The van der Waals surface area contributed by atoms with Crippen LogP contribution >= 0.6 is 11.6 Å². The Balaban J connectivity index is 3.04. The minimum absolute atomic E-state index is 0.501. The van der Waals surface area contributed by atoms with Gasteiger partial charge >= 0.3 is 0 Å². The highest BCUT2D eigenvalue weighted by atomic mass is 35.5. The van der Waals surface area contributed by atoms with E-state index in [1.165, 1.54) is 5.56 Å². The monoisotopic (exact) mass is 155 g/mol. The first-order valence-corrected chi connectivity index (χ1v) is 3.76. The summed E-state index contributed by atoms with van der Waals surface area (Å²) in [5.41, 5.74) is 3.23. The molecule has 0 aliphatic carbocycles. The second kappa shape index (κ2) is 3.02. The summed E-state index contributed by atoms with van der Waals surface area (Å²) >= 11 is 5.59. The van der Waals surface area contributed by atoms with Crippen LogP contribution < -0.4 is 0 Å². The van der Waals surface area contributed by atoms with E-state index in [9.17, 15) is 0 Å². The van der Waals surface area contributed by atoms with Crippen LogP contribution in [0.4, 0.5) is 0 Å². The lowest BCUT2D eigenvalue weighted by Gasteiger charge is -1.99. The van der Waals surface area contributed by atoms with Crippen LogP contribution in [0.25, 0.3) is 0 Å². The van der Waals surface area contributed by atoms with Crippen molar-refractivity contribution >= 4 is 11.6 Å². The second-order valence-electron chi connectivity index (χ2n) is 2.34. The molecule has 0 spiro atoms. The summed E-state index contributed by atoms with van der Waals surface area (Å²) in [5.74, 6) is 0.501. The van der Waals surface area contributed by atoms with E-state index in [-0.39, 0.29) is 0 Å². The van der Waals surface area contributed by atoms with Crippen LogP contribution in [0, 0.1) is 13.8 Å². The van der Waals surface area contributed by atoms with Crippen molar-refractivity contribution in [1.82, 2.24) is 4.98 Å². The van der Waals surface area contributed by atoms with Crippen LogP contribution in [-0.4, -0.2) is 4.98 Å². The topological polar surface area (TPSA) is 12.9 Å². The third kappa shape index (κ3) is 1.48. The molecule has 0 aliphatic rings. The zero-order valence-corrected chi connectivity index (χ0v) is 6.94. The van der Waals surface area contributed by atoms with Crippen molar-refractivity contribution in [3.05, 3.63) is 29.1 Å². The number of aromatic nitrogens is 1. The lowest BCUT2D eigenvalue weighted by Crippen LogP contribution is -1.90. The Labute approximate surface area is 66.0 Å². The van der Waals surface area contributed by atoms with E-state index in [1.54, 1.807) is 0 Å². The first kappa shape index (κ1) is 7.55. The average Bonchev–Trinajstić information content (AvgIpc) is 1.95. The van der Waals surface area contributed by atoms with Gasteiger partial charge in [-0.3, -0.25) is 4.98 Å². The van der Waals surface area contributed by atoms with Gasteiger partial charge in [0.15, 0.2) is 0 Å². The summed E-state index contributed by atoms with van der Waals surface area (Å²) in [6, 6.07) is 4.00. The summed E-state index contributed by atoms with van der Waals surface area (Å²) in [5, 5.41) is 0. The molecule has 1 rings (SSSR count). The maximum absolute atomic E-state index is 5.59. The number of aryl methyl sites for hydroxylation is 2. The number of rotatable bonds is 1. The van der Waals surface area contributed by atoms with Crippen molar-refractivity contribution in [2.75, 3.05) is 0 Å². The quantitative estimate of drug-likeness (QED) is 0.568. The third-order valence-electron chi connectivity index (χ3n) is 1.54. The minimum atomic E-state index is 0.501. The van der Waals surface area contributed by atoms with Gasteiger partial charge in [0, 0.05) is 5.69 Å². The maximum Gasteiger partial charge on any atom is 0.0647 e. The Morgan fingerprint density at radius 1 is 1.40 bits per heavy atom. The standard InChI is InChI=1S/C8H10ClN/c1-6-3-4-8(5-9)10-7(6)2/h3-4H,5H2,1-2H3. The largest absolute Gasteiger partial charge is 0.257 e. The van der Waals surface area contributed by atoms with Crippen molar-refractivity contribution in [3.8, 4) is 0 Å². The van der Waals surface area contributed by atoms with E-state index < -0.39 is 0 Å². The Morgan fingerprint density at radius 2 is 2.10 bits per heavy atom. The fraction of sp³-hybridized carbons (Fsp3) is 0.375. The molecule has 1 nitrogen and oxygen atoms in total. The smallest absolute Gasteiger partial charge is 0.0647 e. The Kier molecular flexibility index (Phi) is 2.28. The lowest BCUT2D eigenvalue weighted by molar-refractivity contribution is 1.07. The molecular formula is C8H10ClN. The summed E-state index contributed by atoms with van der Waals surface area (Å²) < 4.78 is 0. The normalized spacial score (nSPS) is 9.90. The number of hydrogen-bond donors (Lipinski definition) is 0. The average molecular weight is 156 g/mol. The molecule has 2 heteroatoms. The summed E-state index contributed by atoms with van der Waals surface area (Å²) in [7, 11) is 0. The Hall–Kier alpha value is -0.560. The number of hydrogen-bond acceptors (Lipinski definition) is 1. The lowest BCUT2D eigenvalue weighted by atomic mass is 10.2. The molecular weight excluding hydrogens is 146 g/mol. The third-order valence-corrected chi connectivity index (χ3v) is 1.82. The molecule has 0 fully saturated rings. The zero-order valence-electron chi connectivity index (χ0n) is 6.19. The highest BCUT2D eigenvalue weighted by Crippen LogP contribution is 2.06. The first-order chi connectivity index (χ1) is 4.74. The van der Waals surface area contributed by atoms with Gasteiger partial charge in [-0.25, -0.2) is 0 Å². The predicted molar refractivity (Wildman–Crippen MR) is 43.3 cm³/mol. The van der Waals surface area contributed by atoms with E-state index in [2.05, 4.69) is 4.98 Å². The van der Waals surface area contributed by atoms with Crippen molar-refractivity contribution in [2.45, 2.75) is 19.7 Å². The van der Waals surface area contributed by atoms with Crippen molar-refractivity contribution in [2.24, 2.45) is 0 Å².